The van der Waals surface area contributed by atoms with E-state index in [0.29, 0.717) is 9.74 Å². The molecule has 2 bridgehead atoms. The first-order valence-corrected chi connectivity index (χ1v) is 5.74. The Hall–Kier alpha value is -0.0100. The van der Waals surface area contributed by atoms with Gasteiger partial charge in [-0.15, -0.1) is 0 Å². The van der Waals surface area contributed by atoms with Gasteiger partial charge >= 0.3 is 0 Å². The lowest BCUT2D eigenvalue weighted by Gasteiger charge is -2.68. The molecule has 2 heteroatoms. The highest BCUT2D eigenvalue weighted by Crippen LogP contribution is 2.71. The average molecular weight is 258 g/mol. The van der Waals surface area contributed by atoms with E-state index in [1.165, 1.54) is 24.8 Å². The fourth-order valence-electron chi connectivity index (χ4n) is 2.77. The second-order valence-electron chi connectivity index (χ2n) is 4.47. The molecule has 0 aliphatic heterocycles. The second-order valence-corrected chi connectivity index (χ2v) is 6.59. The first kappa shape index (κ1) is 8.31. The van der Waals surface area contributed by atoms with Crippen LogP contribution in [0.4, 0.5) is 0 Å². The molecule has 68 valence electrons. The van der Waals surface area contributed by atoms with Crippen molar-refractivity contribution in [1.82, 2.24) is 0 Å². The molecule has 3 saturated carbocycles. The third-order valence-corrected chi connectivity index (χ3v) is 4.52. The molecule has 13 heavy (non-hydrogen) atoms. The molecule has 0 N–H and O–H groups in total. The SMILES string of the molecule is Clc1ccc(C23CC(Br)(C2)C3)cc1. The van der Waals surface area contributed by atoms with E-state index in [2.05, 4.69) is 28.1 Å². The molecular formula is C11H10BrCl. The Balaban J connectivity index is 1.91. The third kappa shape index (κ3) is 1.04. The summed E-state index contributed by atoms with van der Waals surface area (Å²) in [6.07, 6.45) is 3.92. The van der Waals surface area contributed by atoms with Gasteiger partial charge in [0, 0.05) is 9.35 Å². The van der Waals surface area contributed by atoms with E-state index >= 15 is 0 Å². The Bertz CT molecular complexity index is 335. The van der Waals surface area contributed by atoms with Crippen molar-refractivity contribution >= 4 is 27.5 Å². The summed E-state index contributed by atoms with van der Waals surface area (Å²) in [6.45, 7) is 0. The van der Waals surface area contributed by atoms with Gasteiger partial charge in [-0.05, 0) is 42.4 Å². The molecule has 0 saturated heterocycles. The van der Waals surface area contributed by atoms with Crippen LogP contribution in [-0.2, 0) is 5.41 Å². The number of hydrogen-bond acceptors (Lipinski definition) is 0. The molecule has 0 nitrogen and oxygen atoms in total. The first-order chi connectivity index (χ1) is 6.12. The van der Waals surface area contributed by atoms with Crippen molar-refractivity contribution in [3.63, 3.8) is 0 Å². The van der Waals surface area contributed by atoms with Crippen molar-refractivity contribution < 1.29 is 0 Å². The molecule has 1 aromatic rings. The topological polar surface area (TPSA) is 0 Å². The Morgan fingerprint density at radius 2 is 1.62 bits per heavy atom. The van der Waals surface area contributed by atoms with Crippen molar-refractivity contribution in [2.75, 3.05) is 0 Å². The number of benzene rings is 1. The molecule has 0 heterocycles. The third-order valence-electron chi connectivity index (χ3n) is 3.42. The molecule has 0 atom stereocenters. The van der Waals surface area contributed by atoms with Crippen molar-refractivity contribution in [2.45, 2.75) is 29.0 Å². The highest BCUT2D eigenvalue weighted by Gasteiger charge is 2.66. The van der Waals surface area contributed by atoms with E-state index in [-0.39, 0.29) is 0 Å². The van der Waals surface area contributed by atoms with E-state index in [1.54, 1.807) is 0 Å². The maximum atomic E-state index is 5.85. The molecule has 0 spiro atoms. The Kier molecular flexibility index (Phi) is 1.48. The van der Waals surface area contributed by atoms with Gasteiger partial charge in [-0.3, -0.25) is 0 Å². The summed E-state index contributed by atoms with van der Waals surface area (Å²) in [5, 5.41) is 0.837. The molecule has 3 fully saturated rings. The number of halogens is 2. The van der Waals surface area contributed by atoms with Crippen LogP contribution in [0.1, 0.15) is 24.8 Å². The minimum Gasteiger partial charge on any atom is -0.0852 e. The molecule has 3 aliphatic carbocycles. The van der Waals surface area contributed by atoms with Crippen molar-refractivity contribution in [3.05, 3.63) is 34.9 Å². The Labute approximate surface area is 91.4 Å². The van der Waals surface area contributed by atoms with Crippen LogP contribution in [0.3, 0.4) is 0 Å². The van der Waals surface area contributed by atoms with Crippen LogP contribution in [0, 0.1) is 0 Å². The predicted molar refractivity (Wildman–Crippen MR) is 58.6 cm³/mol. The van der Waals surface area contributed by atoms with Crippen LogP contribution in [-0.4, -0.2) is 4.32 Å². The molecule has 4 rings (SSSR count). The summed E-state index contributed by atoms with van der Waals surface area (Å²) >= 11 is 9.61. The summed E-state index contributed by atoms with van der Waals surface area (Å²) in [5.41, 5.74) is 1.98. The van der Waals surface area contributed by atoms with E-state index in [9.17, 15) is 0 Å². The standard InChI is InChI=1S/C11H10BrCl/c12-11-5-10(6-11,7-11)8-1-3-9(13)4-2-8/h1-4H,5-7H2. The summed E-state index contributed by atoms with van der Waals surface area (Å²) in [4.78, 5) is 0. The fraction of sp³-hybridized carbons (Fsp3) is 0.455. The zero-order valence-corrected chi connectivity index (χ0v) is 9.53. The van der Waals surface area contributed by atoms with Gasteiger partial charge in [0.1, 0.15) is 0 Å². The normalized spacial score (nSPS) is 40.8. The molecule has 1 aromatic carbocycles. The van der Waals surface area contributed by atoms with E-state index in [0.717, 1.165) is 5.02 Å². The molecule has 0 radical (unpaired) electrons. The summed E-state index contributed by atoms with van der Waals surface area (Å²) in [7, 11) is 0. The number of rotatable bonds is 1. The lowest BCUT2D eigenvalue weighted by molar-refractivity contribution is 0.0136. The van der Waals surface area contributed by atoms with Crippen LogP contribution in [0.15, 0.2) is 24.3 Å². The zero-order chi connectivity index (χ0) is 9.10. The number of hydrogen-bond donors (Lipinski definition) is 0. The van der Waals surface area contributed by atoms with Crippen molar-refractivity contribution in [3.8, 4) is 0 Å². The van der Waals surface area contributed by atoms with E-state index < -0.39 is 0 Å². The van der Waals surface area contributed by atoms with Crippen molar-refractivity contribution in [1.29, 1.82) is 0 Å². The minimum absolute atomic E-state index is 0.507. The van der Waals surface area contributed by atoms with Gasteiger partial charge in [-0.2, -0.15) is 0 Å². The van der Waals surface area contributed by atoms with Gasteiger partial charge in [0.25, 0.3) is 0 Å². The predicted octanol–water partition coefficient (Wildman–Crippen LogP) is 3.91. The lowest BCUT2D eigenvalue weighted by atomic mass is 9.42. The average Bonchev–Trinajstić information content (AvgIpc) is 1.99. The van der Waals surface area contributed by atoms with E-state index in [1.807, 2.05) is 12.1 Å². The molecule has 0 amide bonds. The zero-order valence-electron chi connectivity index (χ0n) is 7.19. The first-order valence-electron chi connectivity index (χ1n) is 4.57. The molecule has 0 unspecified atom stereocenters. The van der Waals surface area contributed by atoms with Gasteiger partial charge in [-0.25, -0.2) is 0 Å². The molecular weight excluding hydrogens is 247 g/mol. The van der Waals surface area contributed by atoms with E-state index in [4.69, 9.17) is 11.6 Å². The largest absolute Gasteiger partial charge is 0.0852 e. The van der Waals surface area contributed by atoms with Gasteiger partial charge < -0.3 is 0 Å². The molecule has 0 aromatic heterocycles. The summed E-state index contributed by atoms with van der Waals surface area (Å²) in [6, 6.07) is 8.35. The maximum Gasteiger partial charge on any atom is 0.0406 e. The monoisotopic (exact) mass is 256 g/mol. The van der Waals surface area contributed by atoms with Crippen molar-refractivity contribution in [2.24, 2.45) is 0 Å². The van der Waals surface area contributed by atoms with Crippen LogP contribution in [0.25, 0.3) is 0 Å². The van der Waals surface area contributed by atoms with Crippen LogP contribution in [0.5, 0.6) is 0 Å². The van der Waals surface area contributed by atoms with Gasteiger partial charge in [0.2, 0.25) is 0 Å². The Morgan fingerprint density at radius 3 is 2.08 bits per heavy atom. The van der Waals surface area contributed by atoms with Gasteiger partial charge in [0.15, 0.2) is 0 Å². The quantitative estimate of drug-likeness (QED) is 0.669. The van der Waals surface area contributed by atoms with Crippen LogP contribution >= 0.6 is 27.5 Å². The van der Waals surface area contributed by atoms with Crippen LogP contribution in [0.2, 0.25) is 5.02 Å². The second kappa shape index (κ2) is 2.32. The van der Waals surface area contributed by atoms with Gasteiger partial charge in [-0.1, -0.05) is 39.7 Å². The minimum atomic E-state index is 0.507. The molecule has 3 aliphatic rings. The summed E-state index contributed by atoms with van der Waals surface area (Å²) in [5.74, 6) is 0. The highest BCUT2D eigenvalue weighted by molar-refractivity contribution is 9.10. The Morgan fingerprint density at radius 1 is 1.08 bits per heavy atom. The smallest absolute Gasteiger partial charge is 0.0406 e. The summed E-state index contributed by atoms with van der Waals surface area (Å²) < 4.78 is 0.507. The maximum absolute atomic E-state index is 5.85. The number of alkyl halides is 1. The fourth-order valence-corrected chi connectivity index (χ4v) is 4.51. The highest BCUT2D eigenvalue weighted by atomic mass is 79.9. The van der Waals surface area contributed by atoms with Crippen LogP contribution < -0.4 is 0 Å². The van der Waals surface area contributed by atoms with Gasteiger partial charge in [0.05, 0.1) is 0 Å². The lowest BCUT2D eigenvalue weighted by Crippen LogP contribution is -2.66.